The molecule has 0 aliphatic rings. The van der Waals surface area contributed by atoms with Gasteiger partial charge in [-0.1, -0.05) is 50.2 Å². The fourth-order valence-electron chi connectivity index (χ4n) is 3.97. The van der Waals surface area contributed by atoms with Crippen molar-refractivity contribution in [3.8, 4) is 5.75 Å². The van der Waals surface area contributed by atoms with Gasteiger partial charge in [0.1, 0.15) is 18.3 Å². The minimum Gasteiger partial charge on any atom is -0.497 e. The Morgan fingerprint density at radius 3 is 2.22 bits per heavy atom. The topological polar surface area (TPSA) is 139 Å². The fraction of sp³-hybridized carbons (Fsp3) is 0.310. The van der Waals surface area contributed by atoms with Crippen LogP contribution in [0.1, 0.15) is 26.3 Å². The maximum Gasteiger partial charge on any atom is 0.271 e. The normalized spacial score (nSPS) is 11.9. The predicted molar refractivity (Wildman–Crippen MR) is 155 cm³/mol. The summed E-state index contributed by atoms with van der Waals surface area (Å²) in [6.07, 6.45) is 0. The van der Waals surface area contributed by atoms with E-state index in [1.54, 1.807) is 37.3 Å². The second-order valence-electron chi connectivity index (χ2n) is 9.79. The molecule has 0 saturated carbocycles. The van der Waals surface area contributed by atoms with E-state index < -0.39 is 39.3 Å². The van der Waals surface area contributed by atoms with Gasteiger partial charge in [0.05, 0.1) is 22.6 Å². The Labute approximate surface area is 239 Å². The molecule has 1 N–H and O–H groups in total. The smallest absolute Gasteiger partial charge is 0.271 e. The number of methoxy groups -OCH3 is 1. The van der Waals surface area contributed by atoms with Gasteiger partial charge >= 0.3 is 0 Å². The fourth-order valence-corrected chi connectivity index (χ4v) is 5.40. The highest BCUT2D eigenvalue weighted by molar-refractivity contribution is 7.92. The second-order valence-corrected chi connectivity index (χ2v) is 11.6. The van der Waals surface area contributed by atoms with Crippen LogP contribution in [-0.4, -0.2) is 56.3 Å². The lowest BCUT2D eigenvalue weighted by molar-refractivity contribution is -0.384. The maximum absolute atomic E-state index is 13.9. The van der Waals surface area contributed by atoms with Crippen molar-refractivity contribution in [2.75, 3.05) is 24.5 Å². The molecule has 1 atom stereocenters. The molecule has 0 heterocycles. The molecule has 0 aromatic heterocycles. The molecule has 0 radical (unpaired) electrons. The van der Waals surface area contributed by atoms with Gasteiger partial charge in [-0.15, -0.1) is 0 Å². The van der Waals surface area contributed by atoms with E-state index in [-0.39, 0.29) is 28.7 Å². The molecule has 0 bridgehead atoms. The second kappa shape index (κ2) is 13.8. The summed E-state index contributed by atoms with van der Waals surface area (Å²) in [4.78, 5) is 39.0. The first-order valence-electron chi connectivity index (χ1n) is 13.0. The summed E-state index contributed by atoms with van der Waals surface area (Å²) >= 11 is 0. The summed E-state index contributed by atoms with van der Waals surface area (Å²) in [7, 11) is -2.80. The highest BCUT2D eigenvalue weighted by atomic mass is 32.2. The van der Waals surface area contributed by atoms with E-state index in [0.717, 1.165) is 10.4 Å². The van der Waals surface area contributed by atoms with Crippen LogP contribution in [0.5, 0.6) is 5.75 Å². The number of sulfonamides is 1. The van der Waals surface area contributed by atoms with Gasteiger partial charge in [0, 0.05) is 25.2 Å². The van der Waals surface area contributed by atoms with Gasteiger partial charge in [0.2, 0.25) is 11.8 Å². The number of nitro groups is 1. The number of carbonyl (C=O) groups is 2. The van der Waals surface area contributed by atoms with Crippen LogP contribution in [0.3, 0.4) is 0 Å². The third-order valence-corrected chi connectivity index (χ3v) is 8.09. The highest BCUT2D eigenvalue weighted by Crippen LogP contribution is 2.27. The summed E-state index contributed by atoms with van der Waals surface area (Å²) in [5.74, 6) is -0.273. The van der Waals surface area contributed by atoms with Gasteiger partial charge in [-0.3, -0.25) is 24.0 Å². The third kappa shape index (κ3) is 8.04. The van der Waals surface area contributed by atoms with Crippen LogP contribution in [0.4, 0.5) is 11.4 Å². The zero-order valence-electron chi connectivity index (χ0n) is 23.4. The van der Waals surface area contributed by atoms with Crippen molar-refractivity contribution in [3.63, 3.8) is 0 Å². The Kier molecular flexibility index (Phi) is 10.4. The molecule has 0 saturated heterocycles. The summed E-state index contributed by atoms with van der Waals surface area (Å²) in [5.41, 5.74) is 0.299. The molecular weight excluding hydrogens is 548 g/mol. The predicted octanol–water partition coefficient (Wildman–Crippen LogP) is 3.99. The van der Waals surface area contributed by atoms with Crippen LogP contribution in [-0.2, 0) is 26.2 Å². The van der Waals surface area contributed by atoms with E-state index in [4.69, 9.17) is 4.74 Å². The van der Waals surface area contributed by atoms with Crippen molar-refractivity contribution in [1.29, 1.82) is 0 Å². The van der Waals surface area contributed by atoms with Gasteiger partial charge < -0.3 is 15.0 Å². The zero-order valence-corrected chi connectivity index (χ0v) is 24.2. The van der Waals surface area contributed by atoms with Gasteiger partial charge in [-0.25, -0.2) is 8.42 Å². The number of non-ortho nitro benzene ring substituents is 1. The molecule has 12 heteroatoms. The molecule has 0 unspecified atom stereocenters. The van der Waals surface area contributed by atoms with Crippen LogP contribution in [0.2, 0.25) is 0 Å². The molecule has 0 fully saturated rings. The number of rotatable bonds is 13. The minimum atomic E-state index is -4.33. The van der Waals surface area contributed by atoms with Crippen LogP contribution in [0, 0.1) is 16.0 Å². The van der Waals surface area contributed by atoms with Crippen LogP contribution in [0.15, 0.2) is 83.8 Å². The lowest BCUT2D eigenvalue weighted by Gasteiger charge is -2.32. The number of nitrogens with one attached hydrogen (secondary N) is 1. The van der Waals surface area contributed by atoms with Gasteiger partial charge in [-0.05, 0) is 48.7 Å². The lowest BCUT2D eigenvalue weighted by atomic mass is 10.1. The number of anilines is 1. The Morgan fingerprint density at radius 2 is 1.63 bits per heavy atom. The van der Waals surface area contributed by atoms with Gasteiger partial charge in [0.15, 0.2) is 0 Å². The summed E-state index contributed by atoms with van der Waals surface area (Å²) in [6.45, 7) is 5.16. The summed E-state index contributed by atoms with van der Waals surface area (Å²) in [6, 6.07) is 18.5. The third-order valence-electron chi connectivity index (χ3n) is 6.30. The van der Waals surface area contributed by atoms with Crippen LogP contribution >= 0.6 is 0 Å². The molecule has 2 amide bonds. The number of hydrogen-bond acceptors (Lipinski definition) is 7. The maximum atomic E-state index is 13.9. The van der Waals surface area contributed by atoms with E-state index in [1.807, 2.05) is 13.8 Å². The molecule has 0 aliphatic carbocycles. The van der Waals surface area contributed by atoms with Crippen molar-refractivity contribution in [2.24, 2.45) is 5.92 Å². The Hall–Kier alpha value is -4.45. The minimum absolute atomic E-state index is 0.00720. The Bertz CT molecular complexity index is 1460. The first kappa shape index (κ1) is 31.1. The van der Waals surface area contributed by atoms with Crippen molar-refractivity contribution in [1.82, 2.24) is 10.2 Å². The molecule has 41 heavy (non-hydrogen) atoms. The molecular formula is C29H34N4O7S. The molecule has 0 spiro atoms. The largest absolute Gasteiger partial charge is 0.497 e. The monoisotopic (exact) mass is 582 g/mol. The number of nitrogens with zero attached hydrogens (tertiary/aromatic N) is 3. The molecule has 11 nitrogen and oxygen atoms in total. The summed E-state index contributed by atoms with van der Waals surface area (Å²) in [5, 5.41) is 14.3. The average molecular weight is 583 g/mol. The molecule has 3 aromatic rings. The van der Waals surface area contributed by atoms with Crippen LogP contribution < -0.4 is 14.4 Å². The molecule has 218 valence electrons. The van der Waals surface area contributed by atoms with Crippen molar-refractivity contribution < 1.29 is 27.7 Å². The van der Waals surface area contributed by atoms with E-state index in [9.17, 15) is 28.1 Å². The zero-order chi connectivity index (χ0) is 30.2. The number of nitro benzene ring substituents is 1. The molecule has 3 rings (SSSR count). The van der Waals surface area contributed by atoms with E-state index in [0.29, 0.717) is 17.9 Å². The lowest BCUT2D eigenvalue weighted by Crippen LogP contribution is -2.51. The SMILES string of the molecule is COc1ccc(CN(C(=O)CN(c2cccc([N+](=O)[O-])c2)S(=O)(=O)c2ccccc2)[C@H](C)C(=O)NCC(C)C)cc1. The number of ether oxygens (including phenoxy) is 1. The average Bonchev–Trinajstić information content (AvgIpc) is 2.97. The number of carbonyl (C=O) groups excluding carboxylic acids is 2. The quantitative estimate of drug-likeness (QED) is 0.237. The van der Waals surface area contributed by atoms with Crippen molar-refractivity contribution in [2.45, 2.75) is 38.3 Å². The molecule has 0 aliphatic heterocycles. The first-order valence-corrected chi connectivity index (χ1v) is 14.4. The van der Waals surface area contributed by atoms with E-state index in [1.165, 1.54) is 54.5 Å². The molecule has 3 aromatic carbocycles. The van der Waals surface area contributed by atoms with Crippen LogP contribution in [0.25, 0.3) is 0 Å². The first-order chi connectivity index (χ1) is 19.4. The number of amides is 2. The van der Waals surface area contributed by atoms with Crippen molar-refractivity contribution >= 4 is 33.2 Å². The van der Waals surface area contributed by atoms with Gasteiger partial charge in [0.25, 0.3) is 15.7 Å². The highest BCUT2D eigenvalue weighted by Gasteiger charge is 2.33. The Morgan fingerprint density at radius 1 is 0.976 bits per heavy atom. The van der Waals surface area contributed by atoms with Crippen molar-refractivity contribution in [3.05, 3.63) is 94.5 Å². The number of hydrogen-bond donors (Lipinski definition) is 1. The standard InChI is InChI=1S/C29H34N4O7S/c1-21(2)18-30-29(35)22(3)31(19-23-13-15-26(40-4)16-14-23)28(34)20-32(24-9-8-10-25(17-24)33(36)37)41(38,39)27-11-6-5-7-12-27/h5-17,21-22H,18-20H2,1-4H3,(H,30,35)/t22-/m1/s1. The van der Waals surface area contributed by atoms with Gasteiger partial charge in [-0.2, -0.15) is 0 Å². The Balaban J connectivity index is 2.04. The van der Waals surface area contributed by atoms with E-state index in [2.05, 4.69) is 5.32 Å². The van der Waals surface area contributed by atoms with E-state index >= 15 is 0 Å². The summed E-state index contributed by atoms with van der Waals surface area (Å²) < 4.78 is 33.6. The number of benzene rings is 3.